The van der Waals surface area contributed by atoms with Gasteiger partial charge in [-0.3, -0.25) is 9.78 Å². The minimum atomic E-state index is -0.498. The summed E-state index contributed by atoms with van der Waals surface area (Å²) in [5.74, 6) is -0.0564. The second-order valence-electron chi connectivity index (χ2n) is 7.44. The number of hydrogen-bond acceptors (Lipinski definition) is 5. The predicted molar refractivity (Wildman–Crippen MR) is 118 cm³/mol. The van der Waals surface area contributed by atoms with E-state index in [1.54, 1.807) is 36.7 Å². The normalized spacial score (nSPS) is 20.6. The van der Waals surface area contributed by atoms with E-state index in [1.807, 2.05) is 12.1 Å². The van der Waals surface area contributed by atoms with Crippen LogP contribution in [0.25, 0.3) is 0 Å². The second kappa shape index (κ2) is 11.6. The molecule has 9 heteroatoms. The van der Waals surface area contributed by atoms with Gasteiger partial charge >= 0.3 is 6.03 Å². The van der Waals surface area contributed by atoms with Crippen LogP contribution in [-0.4, -0.2) is 53.4 Å². The molecule has 2 heterocycles. The Morgan fingerprint density at radius 1 is 1.13 bits per heavy atom. The van der Waals surface area contributed by atoms with Crippen molar-refractivity contribution in [2.75, 3.05) is 18.5 Å². The number of urea groups is 1. The van der Waals surface area contributed by atoms with Crippen LogP contribution in [0.3, 0.4) is 0 Å². The van der Waals surface area contributed by atoms with Gasteiger partial charge in [0, 0.05) is 29.6 Å². The third-order valence-electron chi connectivity index (χ3n) is 5.12. The number of aliphatic hydroxyl groups excluding tert-OH is 1. The smallest absolute Gasteiger partial charge is 0.319 e. The van der Waals surface area contributed by atoms with Crippen molar-refractivity contribution in [3.8, 4) is 0 Å². The van der Waals surface area contributed by atoms with E-state index in [-0.39, 0.29) is 30.7 Å². The van der Waals surface area contributed by atoms with E-state index in [0.29, 0.717) is 36.5 Å². The zero-order valence-corrected chi connectivity index (χ0v) is 17.8. The average molecular weight is 447 g/mol. The molecule has 0 unspecified atom stereocenters. The molecule has 4 N–H and O–H groups in total. The molecule has 0 spiro atoms. The lowest BCUT2D eigenvalue weighted by Gasteiger charge is -2.36. The Kier molecular flexibility index (Phi) is 8.63. The Balaban J connectivity index is 1.39. The molecule has 1 aromatic heterocycles. The van der Waals surface area contributed by atoms with Gasteiger partial charge in [0.1, 0.15) is 6.10 Å². The number of rotatable bonds is 8. The number of carbonyl (C=O) groups is 2. The molecule has 1 fully saturated rings. The first-order valence-corrected chi connectivity index (χ1v) is 10.7. The summed E-state index contributed by atoms with van der Waals surface area (Å²) < 4.78 is 5.95. The summed E-state index contributed by atoms with van der Waals surface area (Å²) >= 11 is 5.85. The Labute approximate surface area is 186 Å². The van der Waals surface area contributed by atoms with Crippen LogP contribution in [0.2, 0.25) is 5.02 Å². The van der Waals surface area contributed by atoms with E-state index in [4.69, 9.17) is 16.3 Å². The number of carbonyl (C=O) groups excluding carboxylic acids is 2. The Morgan fingerprint density at radius 2 is 1.87 bits per heavy atom. The standard InChI is InChI=1S/C22H27ClN4O4/c23-16-1-3-17(4-2-16)26-22(30)27-19-6-5-18(31-20(19)14-28)9-12-25-21(29)13-15-7-10-24-11-8-15/h1-4,7-8,10-11,18-20,28H,5-6,9,12-14H2,(H,25,29)(H2,26,27,30)/t18-,19-,20+/m1/s1. The van der Waals surface area contributed by atoms with Crippen molar-refractivity contribution >= 4 is 29.2 Å². The predicted octanol–water partition coefficient (Wildman–Crippen LogP) is 2.51. The molecular formula is C22H27ClN4O4. The third kappa shape index (κ3) is 7.50. The highest BCUT2D eigenvalue weighted by atomic mass is 35.5. The first kappa shape index (κ1) is 23.0. The van der Waals surface area contributed by atoms with Gasteiger partial charge in [-0.1, -0.05) is 11.6 Å². The number of amides is 3. The van der Waals surface area contributed by atoms with E-state index in [1.165, 1.54) is 0 Å². The summed E-state index contributed by atoms with van der Waals surface area (Å²) in [5, 5.41) is 18.8. The van der Waals surface area contributed by atoms with Crippen molar-refractivity contribution in [1.29, 1.82) is 0 Å². The van der Waals surface area contributed by atoms with Gasteiger partial charge in [0.2, 0.25) is 5.91 Å². The number of aromatic nitrogens is 1. The molecular weight excluding hydrogens is 420 g/mol. The van der Waals surface area contributed by atoms with Crippen LogP contribution in [-0.2, 0) is 16.0 Å². The van der Waals surface area contributed by atoms with E-state index in [0.717, 1.165) is 12.0 Å². The van der Waals surface area contributed by atoms with Crippen LogP contribution in [0.1, 0.15) is 24.8 Å². The molecule has 1 saturated heterocycles. The SMILES string of the molecule is O=C(Cc1ccncc1)NCC[C@H]1CC[C@@H](NC(=O)Nc2ccc(Cl)cc2)[C@H](CO)O1. The van der Waals surface area contributed by atoms with Crippen LogP contribution in [0.5, 0.6) is 0 Å². The molecule has 0 bridgehead atoms. The van der Waals surface area contributed by atoms with E-state index >= 15 is 0 Å². The number of aliphatic hydroxyl groups is 1. The number of hydrogen-bond donors (Lipinski definition) is 4. The number of pyridine rings is 1. The first-order valence-electron chi connectivity index (χ1n) is 10.3. The molecule has 166 valence electrons. The second-order valence-corrected chi connectivity index (χ2v) is 7.88. The largest absolute Gasteiger partial charge is 0.394 e. The molecule has 0 aliphatic carbocycles. The lowest BCUT2D eigenvalue weighted by molar-refractivity contribution is -0.121. The van der Waals surface area contributed by atoms with E-state index in [9.17, 15) is 14.7 Å². The van der Waals surface area contributed by atoms with E-state index < -0.39 is 6.10 Å². The van der Waals surface area contributed by atoms with Gasteiger partial charge in [0.25, 0.3) is 0 Å². The minimum absolute atomic E-state index is 0.0564. The minimum Gasteiger partial charge on any atom is -0.394 e. The van der Waals surface area contributed by atoms with Crippen molar-refractivity contribution in [2.45, 2.75) is 43.9 Å². The van der Waals surface area contributed by atoms with Crippen molar-refractivity contribution < 1.29 is 19.4 Å². The monoisotopic (exact) mass is 446 g/mol. The zero-order valence-electron chi connectivity index (χ0n) is 17.1. The Bertz CT molecular complexity index is 850. The number of anilines is 1. The Morgan fingerprint density at radius 3 is 2.58 bits per heavy atom. The molecule has 0 radical (unpaired) electrons. The lowest BCUT2D eigenvalue weighted by atomic mass is 9.97. The van der Waals surface area contributed by atoms with Crippen molar-refractivity contribution in [3.05, 3.63) is 59.4 Å². The molecule has 31 heavy (non-hydrogen) atoms. The summed E-state index contributed by atoms with van der Waals surface area (Å²) in [6, 6.07) is 9.77. The van der Waals surface area contributed by atoms with Gasteiger partial charge in [-0.05, 0) is 61.2 Å². The zero-order chi connectivity index (χ0) is 22.1. The molecule has 3 atom stereocenters. The van der Waals surface area contributed by atoms with Gasteiger partial charge in [0.05, 0.1) is 25.2 Å². The number of halogens is 1. The van der Waals surface area contributed by atoms with Gasteiger partial charge in [-0.25, -0.2) is 4.79 Å². The molecule has 1 aliphatic heterocycles. The maximum absolute atomic E-state index is 12.3. The van der Waals surface area contributed by atoms with Crippen molar-refractivity contribution in [1.82, 2.24) is 15.6 Å². The first-order chi connectivity index (χ1) is 15.0. The molecule has 8 nitrogen and oxygen atoms in total. The number of ether oxygens (including phenoxy) is 1. The van der Waals surface area contributed by atoms with Crippen LogP contribution < -0.4 is 16.0 Å². The fourth-order valence-electron chi connectivity index (χ4n) is 3.50. The number of nitrogens with zero attached hydrogens (tertiary/aromatic N) is 1. The molecule has 3 rings (SSSR count). The highest BCUT2D eigenvalue weighted by molar-refractivity contribution is 6.30. The number of benzene rings is 1. The van der Waals surface area contributed by atoms with E-state index in [2.05, 4.69) is 20.9 Å². The van der Waals surface area contributed by atoms with Crippen LogP contribution in [0, 0.1) is 0 Å². The average Bonchev–Trinajstić information content (AvgIpc) is 2.77. The molecule has 1 aliphatic rings. The highest BCUT2D eigenvalue weighted by Crippen LogP contribution is 2.22. The molecule has 1 aromatic carbocycles. The summed E-state index contributed by atoms with van der Waals surface area (Å²) in [6.07, 6.45) is 5.08. The van der Waals surface area contributed by atoms with Gasteiger partial charge in [-0.15, -0.1) is 0 Å². The van der Waals surface area contributed by atoms with Crippen molar-refractivity contribution in [2.24, 2.45) is 0 Å². The van der Waals surface area contributed by atoms with Crippen LogP contribution in [0.15, 0.2) is 48.8 Å². The summed E-state index contributed by atoms with van der Waals surface area (Å²) in [4.78, 5) is 28.2. The third-order valence-corrected chi connectivity index (χ3v) is 5.37. The summed E-state index contributed by atoms with van der Waals surface area (Å²) in [7, 11) is 0. The van der Waals surface area contributed by atoms with Gasteiger partial charge < -0.3 is 25.8 Å². The quantitative estimate of drug-likeness (QED) is 0.497. The summed E-state index contributed by atoms with van der Waals surface area (Å²) in [6.45, 7) is 0.290. The van der Waals surface area contributed by atoms with Crippen LogP contribution >= 0.6 is 11.6 Å². The lowest BCUT2D eigenvalue weighted by Crippen LogP contribution is -2.52. The topological polar surface area (TPSA) is 113 Å². The fourth-order valence-corrected chi connectivity index (χ4v) is 3.63. The van der Waals surface area contributed by atoms with Crippen LogP contribution in [0.4, 0.5) is 10.5 Å². The Hall–Kier alpha value is -2.68. The van der Waals surface area contributed by atoms with Gasteiger partial charge in [0.15, 0.2) is 0 Å². The molecule has 3 amide bonds. The maximum Gasteiger partial charge on any atom is 0.319 e. The maximum atomic E-state index is 12.3. The van der Waals surface area contributed by atoms with Gasteiger partial charge in [-0.2, -0.15) is 0 Å². The molecule has 0 saturated carbocycles. The number of nitrogens with one attached hydrogen (secondary N) is 3. The fraction of sp³-hybridized carbons (Fsp3) is 0.409. The molecule has 2 aromatic rings. The highest BCUT2D eigenvalue weighted by Gasteiger charge is 2.31. The summed E-state index contributed by atoms with van der Waals surface area (Å²) in [5.41, 5.74) is 1.53. The van der Waals surface area contributed by atoms with Crippen molar-refractivity contribution in [3.63, 3.8) is 0 Å².